The maximum absolute atomic E-state index is 13.4. The molecule has 236 valence electrons. The highest BCUT2D eigenvalue weighted by atomic mass is 28.4. The number of hydrogen-bond donors (Lipinski definition) is 1. The van der Waals surface area contributed by atoms with E-state index in [0.717, 1.165) is 12.0 Å². The molecule has 1 saturated heterocycles. The number of ether oxygens (including phenoxy) is 2. The first-order valence-corrected chi connectivity index (χ1v) is 18.2. The molecule has 0 spiro atoms. The number of hydrogen-bond acceptors (Lipinski definition) is 7. The van der Waals surface area contributed by atoms with Crippen LogP contribution >= 0.6 is 0 Å². The molecule has 5 atom stereocenters. The van der Waals surface area contributed by atoms with E-state index in [2.05, 4.69) is 64.3 Å². The third kappa shape index (κ3) is 10.7. The average molecular weight is 604 g/mol. The molecule has 2 rings (SSSR count). The Labute approximate surface area is 253 Å². The Morgan fingerprint density at radius 1 is 1.12 bits per heavy atom. The van der Waals surface area contributed by atoms with E-state index in [1.54, 1.807) is 20.1 Å². The molecule has 2 aliphatic rings. The van der Waals surface area contributed by atoms with Gasteiger partial charge in [0.1, 0.15) is 18.0 Å². The predicted molar refractivity (Wildman–Crippen MR) is 167 cm³/mol. The lowest BCUT2D eigenvalue weighted by Gasteiger charge is -2.42. The van der Waals surface area contributed by atoms with Crippen LogP contribution in [-0.2, 0) is 33.1 Å². The molecule has 0 aromatic carbocycles. The van der Waals surface area contributed by atoms with Gasteiger partial charge in [-0.1, -0.05) is 58.9 Å². The molecular formula is C33H53NO7Si. The summed E-state index contributed by atoms with van der Waals surface area (Å²) in [6.07, 6.45) is 11.6. The van der Waals surface area contributed by atoms with Crippen molar-refractivity contribution in [2.24, 2.45) is 17.8 Å². The van der Waals surface area contributed by atoms with Gasteiger partial charge < -0.3 is 13.9 Å². The fourth-order valence-corrected chi connectivity index (χ4v) is 6.68. The summed E-state index contributed by atoms with van der Waals surface area (Å²) in [5.41, 5.74) is 0.791. The Kier molecular flexibility index (Phi) is 13.6. The van der Waals surface area contributed by atoms with Crippen LogP contribution in [0, 0.1) is 17.8 Å². The summed E-state index contributed by atoms with van der Waals surface area (Å²) in [5, 5.41) is 2.33. The smallest absolute Gasteiger partial charge is 0.331 e. The summed E-state index contributed by atoms with van der Waals surface area (Å²) >= 11 is 0. The van der Waals surface area contributed by atoms with Crippen LogP contribution in [0.5, 0.6) is 0 Å². The fraction of sp³-hybridized carbons (Fsp3) is 0.697. The van der Waals surface area contributed by atoms with Crippen molar-refractivity contribution < 1.29 is 33.1 Å². The van der Waals surface area contributed by atoms with Crippen molar-refractivity contribution in [2.75, 3.05) is 7.11 Å². The number of Topliss-reactive ketones (excluding diaryl/α,β-unsaturated/α-hetero) is 1. The van der Waals surface area contributed by atoms with Crippen molar-refractivity contribution in [1.82, 2.24) is 5.32 Å². The number of cyclic esters (lactones) is 1. The molecule has 0 aromatic rings. The number of allylic oxidation sites excluding steroid dienone is 2. The third-order valence-electron chi connectivity index (χ3n) is 8.87. The van der Waals surface area contributed by atoms with Gasteiger partial charge in [-0.3, -0.25) is 19.7 Å². The monoisotopic (exact) mass is 603 g/mol. The molecule has 9 heteroatoms. The van der Waals surface area contributed by atoms with Crippen LogP contribution in [0.2, 0.25) is 18.1 Å². The highest BCUT2D eigenvalue weighted by Crippen LogP contribution is 2.39. The van der Waals surface area contributed by atoms with Crippen LogP contribution < -0.4 is 5.32 Å². The van der Waals surface area contributed by atoms with Crippen LogP contribution in [0.1, 0.15) is 86.5 Å². The van der Waals surface area contributed by atoms with Crippen molar-refractivity contribution in [1.29, 1.82) is 0 Å². The number of nitrogens with one attached hydrogen (secondary N) is 1. The maximum atomic E-state index is 13.4. The molecular weight excluding hydrogens is 550 g/mol. The number of amides is 2. The lowest BCUT2D eigenvalue weighted by atomic mass is 9.86. The summed E-state index contributed by atoms with van der Waals surface area (Å²) in [5.74, 6) is -1.71. The topological polar surface area (TPSA) is 108 Å². The second kappa shape index (κ2) is 15.9. The molecule has 2 heterocycles. The summed E-state index contributed by atoms with van der Waals surface area (Å²) in [7, 11) is -0.470. The Morgan fingerprint density at radius 3 is 2.33 bits per heavy atom. The Bertz CT molecular complexity index is 1040. The third-order valence-corrected chi connectivity index (χ3v) is 13.3. The highest BCUT2D eigenvalue weighted by Gasteiger charge is 2.42. The number of carbonyl (C=O) groups excluding carboxylic acids is 4. The molecule has 1 N–H and O–H groups in total. The lowest BCUT2D eigenvalue weighted by Crippen LogP contribution is -2.49. The Hall–Kier alpha value is -2.36. The fourth-order valence-electron chi connectivity index (χ4n) is 5.29. The minimum Gasteiger partial charge on any atom is -0.454 e. The summed E-state index contributed by atoms with van der Waals surface area (Å²) in [6, 6.07) is 0. The van der Waals surface area contributed by atoms with Gasteiger partial charge in [0.2, 0.25) is 11.8 Å². The predicted octanol–water partition coefficient (Wildman–Crippen LogP) is 6.22. The molecule has 0 unspecified atom stereocenters. The standard InChI is InChI=1S/C33H53NO7Si/c1-22-19-23(2)32(41-42(8,9)33(4,5)6)27(39-7)17-12-10-11-13-18-30(38)40-31(22)24(3)26(35)16-14-15-25-20-28(36)34-29(37)21-25/h12-13,17-19,23-25,27,31-32H,10-11,14-16,20-21H2,1-9H3,(H,34,36,37)/t23-,24-,27+,31+,32+/m1/s1. The van der Waals surface area contributed by atoms with E-state index in [9.17, 15) is 19.2 Å². The van der Waals surface area contributed by atoms with Crippen molar-refractivity contribution in [3.05, 3.63) is 36.0 Å². The molecule has 0 saturated carbocycles. The van der Waals surface area contributed by atoms with Gasteiger partial charge in [0.05, 0.1) is 12.0 Å². The van der Waals surface area contributed by atoms with Gasteiger partial charge in [-0.15, -0.1) is 0 Å². The Morgan fingerprint density at radius 2 is 1.74 bits per heavy atom. The van der Waals surface area contributed by atoms with Gasteiger partial charge in [-0.05, 0) is 62.2 Å². The average Bonchev–Trinajstić information content (AvgIpc) is 2.88. The van der Waals surface area contributed by atoms with Gasteiger partial charge in [-0.25, -0.2) is 4.79 Å². The summed E-state index contributed by atoms with van der Waals surface area (Å²) in [6.45, 7) is 16.9. The zero-order valence-electron chi connectivity index (χ0n) is 27.2. The zero-order chi connectivity index (χ0) is 31.7. The molecule has 0 bridgehead atoms. The van der Waals surface area contributed by atoms with E-state index in [4.69, 9.17) is 13.9 Å². The van der Waals surface area contributed by atoms with Gasteiger partial charge >= 0.3 is 5.97 Å². The molecule has 0 aliphatic carbocycles. The number of imide groups is 1. The largest absolute Gasteiger partial charge is 0.454 e. The quantitative estimate of drug-likeness (QED) is 0.144. The number of methoxy groups -OCH3 is 1. The van der Waals surface area contributed by atoms with Crippen LogP contribution in [0.4, 0.5) is 0 Å². The summed E-state index contributed by atoms with van der Waals surface area (Å²) in [4.78, 5) is 49.5. The van der Waals surface area contributed by atoms with Crippen molar-refractivity contribution in [3.8, 4) is 0 Å². The first kappa shape index (κ1) is 35.8. The van der Waals surface area contributed by atoms with Crippen molar-refractivity contribution in [2.45, 2.75) is 123 Å². The van der Waals surface area contributed by atoms with Crippen molar-refractivity contribution in [3.63, 3.8) is 0 Å². The number of esters is 1. The number of rotatable bonds is 9. The number of carbonyl (C=O) groups is 4. The first-order chi connectivity index (χ1) is 19.6. The second-order valence-corrected chi connectivity index (χ2v) is 18.2. The van der Waals surface area contributed by atoms with Crippen LogP contribution in [-0.4, -0.2) is 57.3 Å². The summed E-state index contributed by atoms with van der Waals surface area (Å²) < 4.78 is 18.8. The Balaban J connectivity index is 2.31. The van der Waals surface area contributed by atoms with E-state index < -0.39 is 26.3 Å². The molecule has 2 aliphatic heterocycles. The maximum Gasteiger partial charge on any atom is 0.331 e. The molecule has 42 heavy (non-hydrogen) atoms. The van der Waals surface area contributed by atoms with Crippen LogP contribution in [0.15, 0.2) is 36.0 Å². The SMILES string of the molecule is CO[C@H]1C=CCCC=CC(=O)O[C@H]([C@H](C)C(=O)CCCC2CC(=O)NC(=O)C2)C(C)=C[C@@H](C)[C@@H]1O[Si](C)(C)C(C)(C)C. The van der Waals surface area contributed by atoms with Crippen LogP contribution in [0.25, 0.3) is 0 Å². The molecule has 0 aromatic heterocycles. The first-order valence-electron chi connectivity index (χ1n) is 15.3. The van der Waals surface area contributed by atoms with E-state index in [1.807, 2.05) is 6.92 Å². The minimum atomic E-state index is -2.17. The van der Waals surface area contributed by atoms with Gasteiger partial charge in [0.25, 0.3) is 0 Å². The van der Waals surface area contributed by atoms with Crippen molar-refractivity contribution >= 4 is 31.9 Å². The number of ketones is 1. The zero-order valence-corrected chi connectivity index (χ0v) is 28.2. The molecule has 0 radical (unpaired) electrons. The molecule has 2 amide bonds. The second-order valence-electron chi connectivity index (χ2n) is 13.5. The van der Waals surface area contributed by atoms with E-state index >= 15 is 0 Å². The molecule has 8 nitrogen and oxygen atoms in total. The van der Waals surface area contributed by atoms with Gasteiger partial charge in [0.15, 0.2) is 8.32 Å². The normalized spacial score (nSPS) is 26.2. The van der Waals surface area contributed by atoms with E-state index in [1.165, 1.54) is 6.08 Å². The van der Waals surface area contributed by atoms with Gasteiger partial charge in [-0.2, -0.15) is 0 Å². The van der Waals surface area contributed by atoms with E-state index in [0.29, 0.717) is 32.1 Å². The number of piperidine rings is 1. The highest BCUT2D eigenvalue weighted by molar-refractivity contribution is 6.74. The lowest BCUT2D eigenvalue weighted by molar-refractivity contribution is -0.145. The minimum absolute atomic E-state index is 0.00504. The van der Waals surface area contributed by atoms with Gasteiger partial charge in [0, 0.05) is 38.4 Å². The van der Waals surface area contributed by atoms with Crippen LogP contribution in [0.3, 0.4) is 0 Å². The van der Waals surface area contributed by atoms with E-state index in [-0.39, 0.29) is 53.1 Å². The molecule has 1 fully saturated rings.